The lowest BCUT2D eigenvalue weighted by atomic mass is 10.2. The first kappa shape index (κ1) is 11.9. The molecule has 3 rings (SSSR count). The molecule has 0 aliphatic heterocycles. The number of aliphatic hydroxyl groups excluding tert-OH is 1. The number of nitrogens with zero attached hydrogens (tertiary/aromatic N) is 3. The predicted octanol–water partition coefficient (Wildman–Crippen LogP) is 2.13. The normalized spacial score (nSPS) is 11.3. The van der Waals surface area contributed by atoms with E-state index in [-0.39, 0.29) is 6.61 Å². The second kappa shape index (κ2) is 4.85. The Morgan fingerprint density at radius 1 is 1.21 bits per heavy atom. The SMILES string of the molecule is CCc1nnc(Cn2ccc3ccc(CO)cc32)o1. The molecule has 5 nitrogen and oxygen atoms in total. The molecule has 0 saturated carbocycles. The van der Waals surface area contributed by atoms with Crippen molar-refractivity contribution in [2.24, 2.45) is 0 Å². The molecule has 0 radical (unpaired) electrons. The maximum Gasteiger partial charge on any atom is 0.236 e. The van der Waals surface area contributed by atoms with Crippen LogP contribution >= 0.6 is 0 Å². The minimum Gasteiger partial charge on any atom is -0.423 e. The molecule has 1 N–H and O–H groups in total. The highest BCUT2D eigenvalue weighted by Gasteiger charge is 2.08. The van der Waals surface area contributed by atoms with Gasteiger partial charge in [0.1, 0.15) is 6.54 Å². The van der Waals surface area contributed by atoms with Gasteiger partial charge >= 0.3 is 0 Å². The van der Waals surface area contributed by atoms with Crippen LogP contribution in [0.15, 0.2) is 34.9 Å². The molecule has 5 heteroatoms. The highest BCUT2D eigenvalue weighted by Crippen LogP contribution is 2.19. The molecule has 1 aromatic carbocycles. The highest BCUT2D eigenvalue weighted by atomic mass is 16.4. The fourth-order valence-corrected chi connectivity index (χ4v) is 2.11. The Balaban J connectivity index is 1.95. The standard InChI is InChI=1S/C14H15N3O2/c1-2-13-15-16-14(19-13)8-17-6-5-11-4-3-10(9-18)7-12(11)17/h3-7,18H,2,8-9H2,1H3. The molecule has 0 atom stereocenters. The van der Waals surface area contributed by atoms with Gasteiger partial charge in [-0.25, -0.2) is 0 Å². The van der Waals surface area contributed by atoms with Crippen molar-refractivity contribution in [3.05, 3.63) is 47.8 Å². The van der Waals surface area contributed by atoms with E-state index >= 15 is 0 Å². The summed E-state index contributed by atoms with van der Waals surface area (Å²) in [5, 5.41) is 18.3. The maximum atomic E-state index is 9.20. The van der Waals surface area contributed by atoms with Gasteiger partial charge in [0.05, 0.1) is 6.61 Å². The molecule has 0 amide bonds. The molecule has 3 aromatic rings. The summed E-state index contributed by atoms with van der Waals surface area (Å²) in [4.78, 5) is 0. The Morgan fingerprint density at radius 3 is 2.79 bits per heavy atom. The smallest absolute Gasteiger partial charge is 0.236 e. The lowest BCUT2D eigenvalue weighted by Crippen LogP contribution is -1.98. The summed E-state index contributed by atoms with van der Waals surface area (Å²) in [6, 6.07) is 7.94. The number of hydrogen-bond donors (Lipinski definition) is 1. The van der Waals surface area contributed by atoms with Crippen molar-refractivity contribution in [3.8, 4) is 0 Å². The molecule has 0 saturated heterocycles. The van der Waals surface area contributed by atoms with E-state index in [1.807, 2.05) is 42.0 Å². The molecule has 0 aliphatic carbocycles. The Hall–Kier alpha value is -2.14. The van der Waals surface area contributed by atoms with Crippen molar-refractivity contribution in [2.45, 2.75) is 26.5 Å². The predicted molar refractivity (Wildman–Crippen MR) is 70.6 cm³/mol. The molecule has 2 heterocycles. The fourth-order valence-electron chi connectivity index (χ4n) is 2.11. The van der Waals surface area contributed by atoms with Gasteiger partial charge in [0.2, 0.25) is 11.8 Å². The molecular weight excluding hydrogens is 242 g/mol. The zero-order valence-corrected chi connectivity index (χ0v) is 10.7. The molecule has 2 aromatic heterocycles. The van der Waals surface area contributed by atoms with Gasteiger partial charge in [-0.15, -0.1) is 10.2 Å². The van der Waals surface area contributed by atoms with E-state index in [0.29, 0.717) is 18.3 Å². The molecule has 0 unspecified atom stereocenters. The van der Waals surface area contributed by atoms with E-state index in [2.05, 4.69) is 10.2 Å². The number of aromatic nitrogens is 3. The number of aliphatic hydroxyl groups is 1. The van der Waals surface area contributed by atoms with Gasteiger partial charge in [0, 0.05) is 18.1 Å². The minimum absolute atomic E-state index is 0.0433. The van der Waals surface area contributed by atoms with Crippen LogP contribution in [-0.2, 0) is 19.6 Å². The van der Waals surface area contributed by atoms with Crippen molar-refractivity contribution < 1.29 is 9.52 Å². The van der Waals surface area contributed by atoms with Crippen LogP contribution in [0.25, 0.3) is 10.9 Å². The van der Waals surface area contributed by atoms with E-state index in [0.717, 1.165) is 22.9 Å². The zero-order valence-electron chi connectivity index (χ0n) is 10.7. The summed E-state index contributed by atoms with van der Waals surface area (Å²) in [7, 11) is 0. The molecule has 19 heavy (non-hydrogen) atoms. The number of fused-ring (bicyclic) bond motifs is 1. The average molecular weight is 257 g/mol. The first-order chi connectivity index (χ1) is 9.30. The van der Waals surface area contributed by atoms with Crippen LogP contribution in [-0.4, -0.2) is 19.9 Å². The summed E-state index contributed by atoms with van der Waals surface area (Å²) in [6.07, 6.45) is 2.73. The van der Waals surface area contributed by atoms with Gasteiger partial charge in [-0.05, 0) is 23.1 Å². The van der Waals surface area contributed by atoms with Crippen molar-refractivity contribution in [3.63, 3.8) is 0 Å². The Kier molecular flexibility index (Phi) is 3.05. The number of rotatable bonds is 4. The summed E-state index contributed by atoms with van der Waals surface area (Å²) in [5.41, 5.74) is 1.95. The molecule has 0 bridgehead atoms. The molecule has 98 valence electrons. The number of aryl methyl sites for hydroxylation is 1. The van der Waals surface area contributed by atoms with Gasteiger partial charge in [-0.1, -0.05) is 19.1 Å². The summed E-state index contributed by atoms with van der Waals surface area (Å²) in [5.74, 6) is 1.26. The summed E-state index contributed by atoms with van der Waals surface area (Å²) in [6.45, 7) is 2.57. The van der Waals surface area contributed by atoms with Crippen LogP contribution in [0.5, 0.6) is 0 Å². The molecule has 0 fully saturated rings. The van der Waals surface area contributed by atoms with Crippen molar-refractivity contribution in [1.82, 2.24) is 14.8 Å². The van der Waals surface area contributed by atoms with E-state index in [4.69, 9.17) is 4.42 Å². The van der Waals surface area contributed by atoms with Crippen LogP contribution in [0.3, 0.4) is 0 Å². The second-order valence-electron chi connectivity index (χ2n) is 4.44. The lowest BCUT2D eigenvalue weighted by Gasteiger charge is -2.03. The van der Waals surface area contributed by atoms with Crippen LogP contribution < -0.4 is 0 Å². The van der Waals surface area contributed by atoms with E-state index < -0.39 is 0 Å². The van der Waals surface area contributed by atoms with Gasteiger partial charge < -0.3 is 14.1 Å². The second-order valence-corrected chi connectivity index (χ2v) is 4.44. The number of benzene rings is 1. The zero-order chi connectivity index (χ0) is 13.2. The van der Waals surface area contributed by atoms with Gasteiger partial charge in [-0.3, -0.25) is 0 Å². The molecular formula is C14H15N3O2. The Bertz CT molecular complexity index is 700. The van der Waals surface area contributed by atoms with Crippen molar-refractivity contribution in [1.29, 1.82) is 0 Å². The van der Waals surface area contributed by atoms with Gasteiger partial charge in [0.15, 0.2) is 0 Å². The Morgan fingerprint density at radius 2 is 2.05 bits per heavy atom. The van der Waals surface area contributed by atoms with Crippen molar-refractivity contribution in [2.75, 3.05) is 0 Å². The van der Waals surface area contributed by atoms with E-state index in [1.165, 1.54) is 0 Å². The third-order valence-electron chi connectivity index (χ3n) is 3.14. The summed E-state index contributed by atoms with van der Waals surface area (Å²) >= 11 is 0. The van der Waals surface area contributed by atoms with Gasteiger partial charge in [-0.2, -0.15) is 0 Å². The quantitative estimate of drug-likeness (QED) is 0.777. The third kappa shape index (κ3) is 2.24. The monoisotopic (exact) mass is 257 g/mol. The highest BCUT2D eigenvalue weighted by molar-refractivity contribution is 5.80. The topological polar surface area (TPSA) is 64.1 Å². The minimum atomic E-state index is 0.0433. The average Bonchev–Trinajstić information content (AvgIpc) is 3.06. The maximum absolute atomic E-state index is 9.20. The van der Waals surface area contributed by atoms with Crippen molar-refractivity contribution >= 4 is 10.9 Å². The van der Waals surface area contributed by atoms with Crippen LogP contribution in [0.4, 0.5) is 0 Å². The van der Waals surface area contributed by atoms with E-state index in [1.54, 1.807) is 0 Å². The largest absolute Gasteiger partial charge is 0.423 e. The summed E-state index contributed by atoms with van der Waals surface area (Å²) < 4.78 is 7.56. The van der Waals surface area contributed by atoms with Crippen LogP contribution in [0, 0.1) is 0 Å². The fraction of sp³-hybridized carbons (Fsp3) is 0.286. The van der Waals surface area contributed by atoms with Gasteiger partial charge in [0.25, 0.3) is 0 Å². The van der Waals surface area contributed by atoms with Crippen LogP contribution in [0.1, 0.15) is 24.3 Å². The van der Waals surface area contributed by atoms with E-state index in [9.17, 15) is 5.11 Å². The third-order valence-corrected chi connectivity index (χ3v) is 3.14. The van der Waals surface area contributed by atoms with Crippen LogP contribution in [0.2, 0.25) is 0 Å². The number of hydrogen-bond acceptors (Lipinski definition) is 4. The Labute approximate surface area is 110 Å². The lowest BCUT2D eigenvalue weighted by molar-refractivity contribution is 0.282. The first-order valence-corrected chi connectivity index (χ1v) is 6.30. The molecule has 0 spiro atoms. The first-order valence-electron chi connectivity index (χ1n) is 6.30. The molecule has 0 aliphatic rings.